The lowest BCUT2D eigenvalue weighted by molar-refractivity contribution is -0.118. The molecule has 2 heterocycles. The maximum atomic E-state index is 13.4. The lowest BCUT2D eigenvalue weighted by atomic mass is 9.89. The van der Waals surface area contributed by atoms with Crippen molar-refractivity contribution in [2.24, 2.45) is 0 Å². The smallest absolute Gasteiger partial charge is 0.239 e. The number of anilines is 2. The van der Waals surface area contributed by atoms with Gasteiger partial charge in [0, 0.05) is 24.0 Å². The molecule has 1 unspecified atom stereocenters. The molecule has 3 aromatic rings. The molecular formula is C24H23ClN2O. The minimum atomic E-state index is -0.114. The standard InChI is InChI=1S/C24H23ClN2O/c25-14-5-4-10-21-23-19(17-18-12-15-26-16-13-18)7-6-11-22(23)27(24(21)28)20-8-2-1-3-9-20/h1-3,6-9,11-13,15-16,21H,4-5,10,14,17H2. The number of nitrogens with zero attached hydrogens (tertiary/aromatic N) is 2. The van der Waals surface area contributed by atoms with Crippen LogP contribution in [-0.4, -0.2) is 16.8 Å². The van der Waals surface area contributed by atoms with Crippen LogP contribution in [0.25, 0.3) is 0 Å². The predicted octanol–water partition coefficient (Wildman–Crippen LogP) is 5.84. The van der Waals surface area contributed by atoms with Crippen LogP contribution in [0.4, 0.5) is 11.4 Å². The average Bonchev–Trinajstić information content (AvgIpc) is 3.02. The zero-order valence-electron chi connectivity index (χ0n) is 15.7. The van der Waals surface area contributed by atoms with Gasteiger partial charge in [0.2, 0.25) is 5.91 Å². The fraction of sp³-hybridized carbons (Fsp3) is 0.250. The topological polar surface area (TPSA) is 33.2 Å². The van der Waals surface area contributed by atoms with Crippen LogP contribution in [0, 0.1) is 0 Å². The number of para-hydroxylation sites is 1. The summed E-state index contributed by atoms with van der Waals surface area (Å²) in [4.78, 5) is 19.4. The summed E-state index contributed by atoms with van der Waals surface area (Å²) >= 11 is 5.89. The molecule has 0 saturated carbocycles. The zero-order valence-corrected chi connectivity index (χ0v) is 16.5. The molecule has 1 amide bonds. The molecular weight excluding hydrogens is 368 g/mol. The van der Waals surface area contributed by atoms with Crippen molar-refractivity contribution in [3.8, 4) is 0 Å². The zero-order chi connectivity index (χ0) is 19.3. The summed E-state index contributed by atoms with van der Waals surface area (Å²) in [7, 11) is 0. The number of aromatic nitrogens is 1. The predicted molar refractivity (Wildman–Crippen MR) is 114 cm³/mol. The number of rotatable bonds is 7. The Labute approximate surface area is 171 Å². The van der Waals surface area contributed by atoms with E-state index in [0.29, 0.717) is 5.88 Å². The lowest BCUT2D eigenvalue weighted by Crippen LogP contribution is -2.23. The van der Waals surface area contributed by atoms with Crippen LogP contribution in [0.1, 0.15) is 41.9 Å². The Bertz CT molecular complexity index is 943. The van der Waals surface area contributed by atoms with Gasteiger partial charge in [-0.2, -0.15) is 0 Å². The number of carbonyl (C=O) groups excluding carboxylic acids is 1. The molecule has 0 radical (unpaired) electrons. The Hall–Kier alpha value is -2.65. The molecule has 0 bridgehead atoms. The molecule has 2 aromatic carbocycles. The second kappa shape index (κ2) is 8.57. The molecule has 1 aliphatic rings. The highest BCUT2D eigenvalue weighted by Crippen LogP contribution is 2.46. The van der Waals surface area contributed by atoms with Crippen molar-refractivity contribution >= 4 is 28.9 Å². The summed E-state index contributed by atoms with van der Waals surface area (Å²) in [6, 6.07) is 20.3. The fourth-order valence-electron chi connectivity index (χ4n) is 4.02. The van der Waals surface area contributed by atoms with Crippen molar-refractivity contribution in [2.75, 3.05) is 10.8 Å². The van der Waals surface area contributed by atoms with E-state index >= 15 is 0 Å². The number of benzene rings is 2. The number of hydrogen-bond donors (Lipinski definition) is 0. The molecule has 0 saturated heterocycles. The van der Waals surface area contributed by atoms with Gasteiger partial charge in [-0.1, -0.05) is 36.8 Å². The van der Waals surface area contributed by atoms with E-state index in [0.717, 1.165) is 37.1 Å². The van der Waals surface area contributed by atoms with Gasteiger partial charge in [0.25, 0.3) is 0 Å². The van der Waals surface area contributed by atoms with Crippen LogP contribution in [-0.2, 0) is 11.2 Å². The maximum Gasteiger partial charge on any atom is 0.239 e. The average molecular weight is 391 g/mol. The number of carbonyl (C=O) groups is 1. The lowest BCUT2D eigenvalue weighted by Gasteiger charge is -2.18. The van der Waals surface area contributed by atoms with Crippen LogP contribution >= 0.6 is 11.6 Å². The highest BCUT2D eigenvalue weighted by molar-refractivity contribution is 6.17. The van der Waals surface area contributed by atoms with Crippen LogP contribution in [0.2, 0.25) is 0 Å². The molecule has 3 nitrogen and oxygen atoms in total. The number of halogens is 1. The number of pyridine rings is 1. The van der Waals surface area contributed by atoms with Gasteiger partial charge in [-0.3, -0.25) is 14.7 Å². The second-order valence-electron chi connectivity index (χ2n) is 7.13. The Morgan fingerprint density at radius 2 is 1.71 bits per heavy atom. The molecule has 4 rings (SSSR count). The van der Waals surface area contributed by atoms with Crippen LogP contribution in [0.15, 0.2) is 73.1 Å². The van der Waals surface area contributed by atoms with Gasteiger partial charge in [-0.15, -0.1) is 11.6 Å². The van der Waals surface area contributed by atoms with Crippen molar-refractivity contribution in [3.63, 3.8) is 0 Å². The highest BCUT2D eigenvalue weighted by Gasteiger charge is 2.39. The Kier molecular flexibility index (Phi) is 5.73. The molecule has 1 aliphatic heterocycles. The number of alkyl halides is 1. The first-order valence-electron chi connectivity index (χ1n) is 9.75. The van der Waals surface area contributed by atoms with E-state index in [4.69, 9.17) is 11.6 Å². The minimum Gasteiger partial charge on any atom is -0.280 e. The van der Waals surface area contributed by atoms with Crippen LogP contribution in [0.5, 0.6) is 0 Å². The molecule has 4 heteroatoms. The molecule has 0 spiro atoms. The molecule has 0 aliphatic carbocycles. The molecule has 0 fully saturated rings. The van der Waals surface area contributed by atoms with Crippen LogP contribution < -0.4 is 4.90 Å². The first kappa shape index (κ1) is 18.7. The molecule has 1 aromatic heterocycles. The Morgan fingerprint density at radius 1 is 0.929 bits per heavy atom. The van der Waals surface area contributed by atoms with Gasteiger partial charge in [0.1, 0.15) is 0 Å². The van der Waals surface area contributed by atoms with Crippen molar-refractivity contribution in [3.05, 3.63) is 89.7 Å². The van der Waals surface area contributed by atoms with Crippen molar-refractivity contribution in [1.29, 1.82) is 0 Å². The van der Waals surface area contributed by atoms with E-state index < -0.39 is 0 Å². The third kappa shape index (κ3) is 3.67. The third-order valence-electron chi connectivity index (χ3n) is 5.32. The Balaban J connectivity index is 1.76. The number of hydrogen-bond acceptors (Lipinski definition) is 2. The van der Waals surface area contributed by atoms with E-state index in [-0.39, 0.29) is 11.8 Å². The summed E-state index contributed by atoms with van der Waals surface area (Å²) in [6.07, 6.45) is 7.14. The van der Waals surface area contributed by atoms with Gasteiger partial charge in [-0.25, -0.2) is 0 Å². The third-order valence-corrected chi connectivity index (χ3v) is 5.58. The fourth-order valence-corrected chi connectivity index (χ4v) is 4.21. The van der Waals surface area contributed by atoms with Gasteiger partial charge < -0.3 is 0 Å². The minimum absolute atomic E-state index is 0.114. The van der Waals surface area contributed by atoms with E-state index in [2.05, 4.69) is 23.2 Å². The summed E-state index contributed by atoms with van der Waals surface area (Å²) in [6.45, 7) is 0. The van der Waals surface area contributed by atoms with E-state index in [1.54, 1.807) is 0 Å². The number of unbranched alkanes of at least 4 members (excludes halogenated alkanes) is 1. The van der Waals surface area contributed by atoms with Crippen molar-refractivity contribution < 1.29 is 4.79 Å². The van der Waals surface area contributed by atoms with Gasteiger partial charge in [-0.05, 0) is 66.3 Å². The maximum absolute atomic E-state index is 13.4. The summed E-state index contributed by atoms with van der Waals surface area (Å²) in [5.74, 6) is 0.684. The summed E-state index contributed by atoms with van der Waals surface area (Å²) in [5, 5.41) is 0. The summed E-state index contributed by atoms with van der Waals surface area (Å²) in [5.41, 5.74) is 5.52. The second-order valence-corrected chi connectivity index (χ2v) is 7.51. The molecule has 142 valence electrons. The quantitative estimate of drug-likeness (QED) is 0.375. The van der Waals surface area contributed by atoms with Gasteiger partial charge in [0.05, 0.1) is 11.6 Å². The number of amides is 1. The Morgan fingerprint density at radius 3 is 2.46 bits per heavy atom. The normalized spacial score (nSPS) is 15.7. The number of fused-ring (bicyclic) bond motifs is 1. The van der Waals surface area contributed by atoms with Crippen LogP contribution in [0.3, 0.4) is 0 Å². The monoisotopic (exact) mass is 390 g/mol. The highest BCUT2D eigenvalue weighted by atomic mass is 35.5. The van der Waals surface area contributed by atoms with Crippen molar-refractivity contribution in [2.45, 2.75) is 31.6 Å². The largest absolute Gasteiger partial charge is 0.280 e. The SMILES string of the molecule is O=C1C(CCCCCl)c2c(Cc3ccncc3)cccc2N1c1ccccc1. The van der Waals surface area contributed by atoms with Crippen molar-refractivity contribution in [1.82, 2.24) is 4.98 Å². The van der Waals surface area contributed by atoms with E-state index in [1.165, 1.54) is 16.7 Å². The molecule has 1 atom stereocenters. The summed E-state index contributed by atoms with van der Waals surface area (Å²) < 4.78 is 0. The van der Waals surface area contributed by atoms with Gasteiger partial charge in [0.15, 0.2) is 0 Å². The molecule has 28 heavy (non-hydrogen) atoms. The molecule has 0 N–H and O–H groups in total. The first-order valence-corrected chi connectivity index (χ1v) is 10.3. The first-order chi connectivity index (χ1) is 13.8. The van der Waals surface area contributed by atoms with E-state index in [9.17, 15) is 4.79 Å². The van der Waals surface area contributed by atoms with E-state index in [1.807, 2.05) is 59.8 Å². The van der Waals surface area contributed by atoms with Gasteiger partial charge >= 0.3 is 0 Å².